The molecule has 0 unspecified atom stereocenters. The number of nitrogens with zero attached hydrogens (tertiary/aromatic N) is 2. The summed E-state index contributed by atoms with van der Waals surface area (Å²) in [6.45, 7) is 4.41. The standard InChI is InChI=1S/C21H20N2/c1-21(2)14-16-8-3-5-9-18(16)20(23-21)13-17-12-11-15-7-4-6-10-19(15)22-17/h3-12H,13-14H2,1-2H3. The van der Waals surface area contributed by atoms with E-state index in [4.69, 9.17) is 9.98 Å². The Morgan fingerprint density at radius 1 is 0.913 bits per heavy atom. The number of benzene rings is 2. The molecule has 2 nitrogen and oxygen atoms in total. The third-order valence-corrected chi connectivity index (χ3v) is 4.39. The number of hydrogen-bond acceptors (Lipinski definition) is 2. The highest BCUT2D eigenvalue weighted by Gasteiger charge is 2.26. The van der Waals surface area contributed by atoms with Gasteiger partial charge >= 0.3 is 0 Å². The van der Waals surface area contributed by atoms with Crippen LogP contribution in [0.2, 0.25) is 0 Å². The van der Waals surface area contributed by atoms with Crippen LogP contribution in [0.5, 0.6) is 0 Å². The second kappa shape index (κ2) is 5.31. The Bertz CT molecular complexity index is 906. The van der Waals surface area contributed by atoms with E-state index < -0.39 is 0 Å². The number of hydrogen-bond donors (Lipinski definition) is 0. The third kappa shape index (κ3) is 2.77. The van der Waals surface area contributed by atoms with E-state index in [-0.39, 0.29) is 5.54 Å². The molecule has 4 rings (SSSR count). The number of pyridine rings is 1. The molecule has 2 heterocycles. The minimum atomic E-state index is -0.0411. The van der Waals surface area contributed by atoms with E-state index in [0.29, 0.717) is 0 Å². The van der Waals surface area contributed by atoms with Crippen LogP contribution in [0.3, 0.4) is 0 Å². The van der Waals surface area contributed by atoms with Crippen molar-refractivity contribution in [3.05, 3.63) is 77.5 Å². The van der Waals surface area contributed by atoms with Crippen molar-refractivity contribution in [1.29, 1.82) is 0 Å². The Morgan fingerprint density at radius 2 is 1.70 bits per heavy atom. The van der Waals surface area contributed by atoms with Crippen LogP contribution in [0.15, 0.2) is 65.7 Å². The molecule has 1 aromatic heterocycles. The lowest BCUT2D eigenvalue weighted by molar-refractivity contribution is 0.511. The number of aliphatic imine (C=N–C) groups is 1. The highest BCUT2D eigenvalue weighted by molar-refractivity contribution is 6.04. The van der Waals surface area contributed by atoms with E-state index in [0.717, 1.165) is 29.8 Å². The van der Waals surface area contributed by atoms with Gasteiger partial charge in [-0.15, -0.1) is 0 Å². The first-order chi connectivity index (χ1) is 11.1. The second-order valence-electron chi connectivity index (χ2n) is 6.88. The van der Waals surface area contributed by atoms with E-state index >= 15 is 0 Å². The first-order valence-electron chi connectivity index (χ1n) is 8.12. The monoisotopic (exact) mass is 300 g/mol. The predicted octanol–water partition coefficient (Wildman–Crippen LogP) is 4.60. The largest absolute Gasteiger partial charge is 0.282 e. The van der Waals surface area contributed by atoms with Crippen molar-refractivity contribution in [3.63, 3.8) is 0 Å². The Hall–Kier alpha value is -2.48. The van der Waals surface area contributed by atoms with Crippen LogP contribution in [0.25, 0.3) is 10.9 Å². The molecule has 2 aromatic carbocycles. The molecule has 1 aliphatic heterocycles. The van der Waals surface area contributed by atoms with Crippen LogP contribution < -0.4 is 0 Å². The van der Waals surface area contributed by atoms with Crippen LogP contribution in [-0.4, -0.2) is 16.2 Å². The maximum absolute atomic E-state index is 5.01. The maximum Gasteiger partial charge on any atom is 0.0705 e. The van der Waals surface area contributed by atoms with Crippen molar-refractivity contribution in [2.45, 2.75) is 32.2 Å². The van der Waals surface area contributed by atoms with Gasteiger partial charge in [0, 0.05) is 23.2 Å². The predicted molar refractivity (Wildman–Crippen MR) is 96.2 cm³/mol. The first kappa shape index (κ1) is 14.1. The van der Waals surface area contributed by atoms with Crippen molar-refractivity contribution in [2.75, 3.05) is 0 Å². The minimum Gasteiger partial charge on any atom is -0.282 e. The Balaban J connectivity index is 1.75. The Labute approximate surface area is 136 Å². The molecule has 2 heteroatoms. The molecular weight excluding hydrogens is 280 g/mol. The van der Waals surface area contributed by atoms with E-state index in [2.05, 4.69) is 62.4 Å². The van der Waals surface area contributed by atoms with Gasteiger partial charge in [-0.25, -0.2) is 0 Å². The van der Waals surface area contributed by atoms with Crippen LogP contribution in [0, 0.1) is 0 Å². The zero-order valence-corrected chi connectivity index (χ0v) is 13.6. The zero-order chi connectivity index (χ0) is 15.9. The lowest BCUT2D eigenvalue weighted by Gasteiger charge is -2.29. The average Bonchev–Trinajstić information content (AvgIpc) is 2.54. The number of fused-ring (bicyclic) bond motifs is 2. The summed E-state index contributed by atoms with van der Waals surface area (Å²) < 4.78 is 0. The molecule has 0 fully saturated rings. The average molecular weight is 300 g/mol. The van der Waals surface area contributed by atoms with Crippen LogP contribution >= 0.6 is 0 Å². The van der Waals surface area contributed by atoms with Crippen LogP contribution in [0.1, 0.15) is 30.7 Å². The number of aromatic nitrogens is 1. The fourth-order valence-electron chi connectivity index (χ4n) is 3.40. The smallest absolute Gasteiger partial charge is 0.0705 e. The zero-order valence-electron chi connectivity index (χ0n) is 13.6. The van der Waals surface area contributed by atoms with Gasteiger partial charge in [-0.2, -0.15) is 0 Å². The van der Waals surface area contributed by atoms with Gasteiger partial charge in [0.1, 0.15) is 0 Å². The molecule has 0 amide bonds. The third-order valence-electron chi connectivity index (χ3n) is 4.39. The van der Waals surface area contributed by atoms with Crippen molar-refractivity contribution < 1.29 is 0 Å². The van der Waals surface area contributed by atoms with Gasteiger partial charge in [0.25, 0.3) is 0 Å². The lowest BCUT2D eigenvalue weighted by atomic mass is 9.86. The van der Waals surface area contributed by atoms with E-state index in [1.807, 2.05) is 12.1 Å². The van der Waals surface area contributed by atoms with E-state index in [1.54, 1.807) is 0 Å². The summed E-state index contributed by atoms with van der Waals surface area (Å²) in [6, 6.07) is 21.1. The first-order valence-corrected chi connectivity index (χ1v) is 8.12. The molecule has 23 heavy (non-hydrogen) atoms. The normalized spacial score (nSPS) is 16.0. The Morgan fingerprint density at radius 3 is 2.61 bits per heavy atom. The van der Waals surface area contributed by atoms with Gasteiger partial charge in [-0.3, -0.25) is 9.98 Å². The summed E-state index contributed by atoms with van der Waals surface area (Å²) in [5, 5.41) is 1.18. The molecule has 0 atom stereocenters. The molecule has 0 saturated heterocycles. The summed E-state index contributed by atoms with van der Waals surface area (Å²) in [7, 11) is 0. The molecule has 1 aliphatic rings. The van der Waals surface area contributed by atoms with Gasteiger partial charge in [0.15, 0.2) is 0 Å². The molecule has 3 aromatic rings. The van der Waals surface area contributed by atoms with E-state index in [9.17, 15) is 0 Å². The molecule has 0 radical (unpaired) electrons. The Kier molecular flexibility index (Phi) is 3.26. The highest BCUT2D eigenvalue weighted by atomic mass is 14.9. The van der Waals surface area contributed by atoms with Gasteiger partial charge in [-0.05, 0) is 43.5 Å². The summed E-state index contributed by atoms with van der Waals surface area (Å²) in [5.74, 6) is 0. The number of rotatable bonds is 2. The highest BCUT2D eigenvalue weighted by Crippen LogP contribution is 2.28. The van der Waals surface area contributed by atoms with E-state index in [1.165, 1.54) is 16.5 Å². The molecule has 0 saturated carbocycles. The van der Waals surface area contributed by atoms with Crippen molar-refractivity contribution in [1.82, 2.24) is 4.98 Å². The minimum absolute atomic E-state index is 0.0411. The summed E-state index contributed by atoms with van der Waals surface area (Å²) in [4.78, 5) is 9.82. The van der Waals surface area contributed by atoms with Crippen LogP contribution in [0.4, 0.5) is 0 Å². The summed E-state index contributed by atoms with van der Waals surface area (Å²) in [6.07, 6.45) is 1.78. The lowest BCUT2D eigenvalue weighted by Crippen LogP contribution is -2.29. The fraction of sp³-hybridized carbons (Fsp3) is 0.238. The quantitative estimate of drug-likeness (QED) is 0.679. The van der Waals surface area contributed by atoms with Gasteiger partial charge in [-0.1, -0.05) is 48.5 Å². The molecule has 0 aliphatic carbocycles. The van der Waals surface area contributed by atoms with Crippen molar-refractivity contribution >= 4 is 16.6 Å². The molecule has 0 N–H and O–H groups in total. The van der Waals surface area contributed by atoms with Crippen molar-refractivity contribution in [2.24, 2.45) is 4.99 Å². The SMILES string of the molecule is CC1(C)Cc2ccccc2C(Cc2ccc3ccccc3n2)=N1. The summed E-state index contributed by atoms with van der Waals surface area (Å²) >= 11 is 0. The second-order valence-corrected chi connectivity index (χ2v) is 6.88. The topological polar surface area (TPSA) is 25.2 Å². The molecule has 114 valence electrons. The fourth-order valence-corrected chi connectivity index (χ4v) is 3.40. The maximum atomic E-state index is 5.01. The van der Waals surface area contributed by atoms with Crippen LogP contribution in [-0.2, 0) is 12.8 Å². The van der Waals surface area contributed by atoms with Gasteiger partial charge in [0.2, 0.25) is 0 Å². The number of para-hydroxylation sites is 1. The molecule has 0 spiro atoms. The molecule has 0 bridgehead atoms. The van der Waals surface area contributed by atoms with Gasteiger partial charge in [0.05, 0.1) is 11.1 Å². The van der Waals surface area contributed by atoms with Gasteiger partial charge < -0.3 is 0 Å². The molecular formula is C21H20N2. The summed E-state index contributed by atoms with van der Waals surface area (Å²) in [5.41, 5.74) is 5.91. The van der Waals surface area contributed by atoms with Crippen molar-refractivity contribution in [3.8, 4) is 0 Å².